The van der Waals surface area contributed by atoms with Gasteiger partial charge in [0, 0.05) is 12.8 Å². The van der Waals surface area contributed by atoms with E-state index in [1.165, 1.54) is 19.3 Å². The molecule has 0 heterocycles. The number of likely N-dealkylation sites (N-methyl/N-ethyl adjacent to an activating group) is 1. The summed E-state index contributed by atoms with van der Waals surface area (Å²) in [5.41, 5.74) is 0. The van der Waals surface area contributed by atoms with Crippen LogP contribution in [-0.4, -0.2) is 70.0 Å². The Labute approximate surface area is 366 Å². The Hall–Kier alpha value is -3.07. The molecule has 0 fully saturated rings. The molecule has 0 bridgehead atoms. The van der Waals surface area contributed by atoms with E-state index in [4.69, 9.17) is 18.5 Å². The number of unbranched alkanes of at least 4 members (excludes halogenated alkanes) is 10. The van der Waals surface area contributed by atoms with Crippen molar-refractivity contribution in [2.75, 3.05) is 47.5 Å². The molecule has 0 saturated heterocycles. The van der Waals surface area contributed by atoms with Crippen LogP contribution in [0.4, 0.5) is 0 Å². The molecule has 0 N–H and O–H groups in total. The first-order valence-corrected chi connectivity index (χ1v) is 24.4. The van der Waals surface area contributed by atoms with E-state index in [-0.39, 0.29) is 26.1 Å². The molecular weight excluding hydrogens is 774 g/mol. The van der Waals surface area contributed by atoms with Gasteiger partial charge in [0.25, 0.3) is 7.82 Å². The van der Waals surface area contributed by atoms with Crippen molar-refractivity contribution in [3.8, 4) is 0 Å². The first-order valence-electron chi connectivity index (χ1n) is 22.9. The van der Waals surface area contributed by atoms with Crippen molar-refractivity contribution in [3.63, 3.8) is 0 Å². The standard InChI is InChI=1S/C50H84NO8P/c1-6-8-10-12-14-16-18-20-22-24-25-27-29-31-33-35-37-39-41-43-50(53)59-48(47-58-60(54,55)57-45-44-51(3,4)5)46-56-49(52)42-40-38-36-34-32-30-28-26-23-21-19-17-15-13-11-9-7-2/h8-11,14-17,20-23,25,27,31,33,48H,6-7,12-13,18-19,24,26,28-30,32,34-47H2,1-5H3/b10-8-,11-9-,16-14-,17-15-,22-20-,23-21-,27-25-,33-31-. The number of hydrogen-bond acceptors (Lipinski definition) is 8. The first kappa shape index (κ1) is 56.9. The third kappa shape index (κ3) is 44.5. The third-order valence-corrected chi connectivity index (χ3v) is 10.1. The zero-order valence-electron chi connectivity index (χ0n) is 38.4. The highest BCUT2D eigenvalue weighted by molar-refractivity contribution is 7.45. The number of allylic oxidation sites excluding steroid dienone is 16. The number of carbonyl (C=O) groups is 2. The number of quaternary nitrogens is 1. The van der Waals surface area contributed by atoms with Crippen LogP contribution in [-0.2, 0) is 32.7 Å². The Kier molecular flexibility index (Phi) is 39.2. The van der Waals surface area contributed by atoms with Crippen molar-refractivity contribution in [3.05, 3.63) is 97.2 Å². The minimum absolute atomic E-state index is 0.0451. The van der Waals surface area contributed by atoms with Crippen molar-refractivity contribution in [1.29, 1.82) is 0 Å². The first-order chi connectivity index (χ1) is 29.0. The Morgan fingerprint density at radius 2 is 0.900 bits per heavy atom. The minimum Gasteiger partial charge on any atom is -0.756 e. The average Bonchev–Trinajstić information content (AvgIpc) is 3.20. The normalized spacial score (nSPS) is 14.4. The lowest BCUT2D eigenvalue weighted by molar-refractivity contribution is -0.870. The van der Waals surface area contributed by atoms with E-state index in [1.807, 2.05) is 21.1 Å². The minimum atomic E-state index is -4.65. The fraction of sp³-hybridized carbons (Fsp3) is 0.640. The second-order valence-corrected chi connectivity index (χ2v) is 17.4. The predicted octanol–water partition coefficient (Wildman–Crippen LogP) is 12.7. The van der Waals surface area contributed by atoms with Crippen LogP contribution < -0.4 is 4.89 Å². The summed E-state index contributed by atoms with van der Waals surface area (Å²) in [6.45, 7) is 3.93. The molecule has 0 rings (SSSR count). The summed E-state index contributed by atoms with van der Waals surface area (Å²) in [6.07, 6.45) is 54.3. The number of hydrogen-bond donors (Lipinski definition) is 0. The summed E-state index contributed by atoms with van der Waals surface area (Å²) in [7, 11) is 1.12. The molecule has 0 aromatic heterocycles. The fourth-order valence-corrected chi connectivity index (χ4v) is 6.30. The van der Waals surface area contributed by atoms with Crippen molar-refractivity contribution < 1.29 is 42.1 Å². The Morgan fingerprint density at radius 1 is 0.517 bits per heavy atom. The lowest BCUT2D eigenvalue weighted by Crippen LogP contribution is -2.37. The highest BCUT2D eigenvalue weighted by Gasteiger charge is 2.21. The van der Waals surface area contributed by atoms with Gasteiger partial charge in [-0.1, -0.05) is 150 Å². The summed E-state index contributed by atoms with van der Waals surface area (Å²) in [4.78, 5) is 37.6. The quantitative estimate of drug-likeness (QED) is 0.0197. The molecule has 0 aromatic carbocycles. The zero-order chi connectivity index (χ0) is 44.3. The molecule has 0 radical (unpaired) electrons. The van der Waals surface area contributed by atoms with Crippen LogP contribution in [0.25, 0.3) is 0 Å². The van der Waals surface area contributed by atoms with Gasteiger partial charge in [-0.05, 0) is 89.9 Å². The molecule has 9 nitrogen and oxygen atoms in total. The molecule has 342 valence electrons. The highest BCUT2D eigenvalue weighted by Crippen LogP contribution is 2.38. The van der Waals surface area contributed by atoms with Gasteiger partial charge in [0.05, 0.1) is 27.7 Å². The number of nitrogens with zero attached hydrogens (tertiary/aromatic N) is 1. The Morgan fingerprint density at radius 3 is 1.35 bits per heavy atom. The van der Waals surface area contributed by atoms with Crippen LogP contribution >= 0.6 is 7.82 Å². The van der Waals surface area contributed by atoms with Crippen molar-refractivity contribution >= 4 is 19.8 Å². The molecule has 0 aliphatic carbocycles. The predicted molar refractivity (Wildman–Crippen MR) is 249 cm³/mol. The van der Waals surface area contributed by atoms with Crippen molar-refractivity contribution in [2.45, 2.75) is 161 Å². The van der Waals surface area contributed by atoms with Gasteiger partial charge in [-0.15, -0.1) is 0 Å². The summed E-state index contributed by atoms with van der Waals surface area (Å²) in [5.74, 6) is -0.893. The van der Waals surface area contributed by atoms with Gasteiger partial charge >= 0.3 is 11.9 Å². The molecule has 0 aliphatic heterocycles. The molecule has 0 aliphatic rings. The number of ether oxygens (including phenoxy) is 2. The number of esters is 2. The Balaban J connectivity index is 4.44. The number of carbonyl (C=O) groups excluding carboxylic acids is 2. The zero-order valence-corrected chi connectivity index (χ0v) is 39.3. The van der Waals surface area contributed by atoms with Gasteiger partial charge in [-0.3, -0.25) is 14.2 Å². The van der Waals surface area contributed by atoms with Crippen LogP contribution in [0, 0.1) is 0 Å². The SMILES string of the molecule is CC/C=C\C/C=C\C/C=C\C/C=C\C/C=C\CCCCCC(=O)OC(COC(=O)CCCCCCCCC/C=C\C/C=C\C/C=C\CC)COP(=O)([O-])OCC[N+](C)(C)C. The van der Waals surface area contributed by atoms with E-state index in [9.17, 15) is 19.0 Å². The Bertz CT molecular complexity index is 1340. The maximum Gasteiger partial charge on any atom is 0.306 e. The van der Waals surface area contributed by atoms with E-state index < -0.39 is 32.5 Å². The van der Waals surface area contributed by atoms with Crippen LogP contribution in [0.2, 0.25) is 0 Å². The molecule has 10 heteroatoms. The van der Waals surface area contributed by atoms with Crippen LogP contribution in [0.3, 0.4) is 0 Å². The summed E-state index contributed by atoms with van der Waals surface area (Å²) >= 11 is 0. The van der Waals surface area contributed by atoms with Crippen molar-refractivity contribution in [1.82, 2.24) is 0 Å². The molecular formula is C50H84NO8P. The maximum atomic E-state index is 12.7. The van der Waals surface area contributed by atoms with Crippen molar-refractivity contribution in [2.24, 2.45) is 0 Å². The van der Waals surface area contributed by atoms with Gasteiger partial charge in [0.2, 0.25) is 0 Å². The summed E-state index contributed by atoms with van der Waals surface area (Å²) in [5, 5.41) is 0. The summed E-state index contributed by atoms with van der Waals surface area (Å²) < 4.78 is 33.9. The van der Waals surface area contributed by atoms with E-state index in [0.29, 0.717) is 23.9 Å². The lowest BCUT2D eigenvalue weighted by atomic mass is 10.1. The lowest BCUT2D eigenvalue weighted by Gasteiger charge is -2.28. The maximum absolute atomic E-state index is 12.7. The molecule has 2 unspecified atom stereocenters. The second-order valence-electron chi connectivity index (χ2n) is 16.0. The molecule has 2 atom stereocenters. The topological polar surface area (TPSA) is 111 Å². The molecule has 0 amide bonds. The number of rotatable bonds is 40. The van der Waals surface area contributed by atoms with Crippen LogP contribution in [0.15, 0.2) is 97.2 Å². The van der Waals surface area contributed by atoms with Gasteiger partial charge in [-0.2, -0.15) is 0 Å². The average molecular weight is 858 g/mol. The molecule has 0 saturated carbocycles. The van der Waals surface area contributed by atoms with Gasteiger partial charge in [0.1, 0.15) is 19.8 Å². The van der Waals surface area contributed by atoms with E-state index in [0.717, 1.165) is 96.3 Å². The number of phosphoric ester groups is 1. The third-order valence-electron chi connectivity index (χ3n) is 9.10. The van der Waals surface area contributed by atoms with Gasteiger partial charge in [-0.25, -0.2) is 0 Å². The largest absolute Gasteiger partial charge is 0.756 e. The van der Waals surface area contributed by atoms with E-state index >= 15 is 0 Å². The summed E-state index contributed by atoms with van der Waals surface area (Å²) in [6, 6.07) is 0. The van der Waals surface area contributed by atoms with Gasteiger partial charge in [0.15, 0.2) is 6.10 Å². The molecule has 60 heavy (non-hydrogen) atoms. The van der Waals surface area contributed by atoms with E-state index in [1.54, 1.807) is 0 Å². The molecule has 0 spiro atoms. The fourth-order valence-electron chi connectivity index (χ4n) is 5.58. The second kappa shape index (κ2) is 41.3. The van der Waals surface area contributed by atoms with E-state index in [2.05, 4.69) is 111 Å². The highest BCUT2D eigenvalue weighted by atomic mass is 31.2. The number of phosphoric acid groups is 1. The van der Waals surface area contributed by atoms with Gasteiger partial charge < -0.3 is 27.9 Å². The van der Waals surface area contributed by atoms with Crippen LogP contribution in [0.1, 0.15) is 155 Å². The molecule has 0 aromatic rings. The smallest absolute Gasteiger partial charge is 0.306 e. The van der Waals surface area contributed by atoms with Crippen LogP contribution in [0.5, 0.6) is 0 Å². The monoisotopic (exact) mass is 858 g/mol.